The highest BCUT2D eigenvalue weighted by Gasteiger charge is 2.07. The number of hydrogen-bond donors (Lipinski definition) is 2. The molecule has 2 N–H and O–H groups in total. The maximum Gasteiger partial charge on any atom is 0.255 e. The lowest BCUT2D eigenvalue weighted by Gasteiger charge is -2.08. The van der Waals surface area contributed by atoms with Gasteiger partial charge in [0.25, 0.3) is 5.91 Å². The molecule has 0 saturated carbocycles. The van der Waals surface area contributed by atoms with Crippen molar-refractivity contribution < 1.29 is 14.3 Å². The molecule has 3 aromatic rings. The molecule has 6 nitrogen and oxygen atoms in total. The molecule has 136 valence electrons. The molecule has 0 saturated heterocycles. The Kier molecular flexibility index (Phi) is 5.47. The number of carbonyl (C=O) groups excluding carboxylic acids is 2. The highest BCUT2D eigenvalue weighted by atomic mass is 16.5. The smallest absolute Gasteiger partial charge is 0.255 e. The van der Waals surface area contributed by atoms with Gasteiger partial charge in [0.1, 0.15) is 11.6 Å². The van der Waals surface area contributed by atoms with Crippen LogP contribution in [-0.2, 0) is 0 Å². The van der Waals surface area contributed by atoms with E-state index in [4.69, 9.17) is 4.74 Å². The minimum Gasteiger partial charge on any atom is -0.497 e. The predicted octanol–water partition coefficient (Wildman–Crippen LogP) is 4.29. The van der Waals surface area contributed by atoms with Gasteiger partial charge in [0.05, 0.1) is 19.0 Å². The number of ether oxygens (including phenoxy) is 1. The van der Waals surface area contributed by atoms with E-state index in [0.717, 1.165) is 5.69 Å². The lowest BCUT2D eigenvalue weighted by molar-refractivity contribution is 0.101. The maximum atomic E-state index is 12.3. The van der Waals surface area contributed by atoms with Crippen LogP contribution in [0.1, 0.15) is 27.6 Å². The fourth-order valence-corrected chi connectivity index (χ4v) is 2.42. The van der Waals surface area contributed by atoms with Crippen LogP contribution in [-0.4, -0.2) is 23.8 Å². The van der Waals surface area contributed by atoms with Gasteiger partial charge in [0, 0.05) is 16.8 Å². The van der Waals surface area contributed by atoms with Gasteiger partial charge in [0.15, 0.2) is 5.78 Å². The number of benzene rings is 2. The zero-order chi connectivity index (χ0) is 19.2. The van der Waals surface area contributed by atoms with Gasteiger partial charge in [0.2, 0.25) is 0 Å². The van der Waals surface area contributed by atoms with Crippen LogP contribution in [0.5, 0.6) is 5.75 Å². The first-order chi connectivity index (χ1) is 13.0. The molecule has 6 heteroatoms. The summed E-state index contributed by atoms with van der Waals surface area (Å²) in [5, 5.41) is 5.95. The third-order valence-corrected chi connectivity index (χ3v) is 3.94. The first kappa shape index (κ1) is 18.1. The molecule has 3 rings (SSSR count). The van der Waals surface area contributed by atoms with Crippen LogP contribution in [0.2, 0.25) is 0 Å². The molecule has 0 radical (unpaired) electrons. The van der Waals surface area contributed by atoms with Crippen LogP contribution in [0.4, 0.5) is 17.2 Å². The number of pyridine rings is 1. The Hall–Kier alpha value is -3.67. The second-order valence-corrected chi connectivity index (χ2v) is 5.87. The lowest BCUT2D eigenvalue weighted by Crippen LogP contribution is -2.12. The molecule has 0 bridgehead atoms. The molecule has 0 aliphatic rings. The van der Waals surface area contributed by atoms with Crippen molar-refractivity contribution in [2.24, 2.45) is 0 Å². The molecule has 1 heterocycles. The summed E-state index contributed by atoms with van der Waals surface area (Å²) in [6.45, 7) is 1.53. The van der Waals surface area contributed by atoms with Gasteiger partial charge in [-0.2, -0.15) is 0 Å². The van der Waals surface area contributed by atoms with Gasteiger partial charge in [-0.05, 0) is 67.6 Å². The SMILES string of the molecule is COc1ccc(C(=O)Nc2ccc(Nc3ccc(C(C)=O)cc3)nc2)cc1. The van der Waals surface area contributed by atoms with Crippen molar-refractivity contribution in [2.45, 2.75) is 6.92 Å². The highest BCUT2D eigenvalue weighted by Crippen LogP contribution is 2.18. The monoisotopic (exact) mass is 361 g/mol. The zero-order valence-electron chi connectivity index (χ0n) is 15.0. The highest BCUT2D eigenvalue weighted by molar-refractivity contribution is 6.04. The molecule has 0 aliphatic carbocycles. The average molecular weight is 361 g/mol. The van der Waals surface area contributed by atoms with Crippen molar-refractivity contribution in [3.8, 4) is 5.75 Å². The first-order valence-corrected chi connectivity index (χ1v) is 8.34. The second kappa shape index (κ2) is 8.14. The van der Waals surface area contributed by atoms with E-state index in [1.165, 1.54) is 6.92 Å². The van der Waals surface area contributed by atoms with E-state index in [0.29, 0.717) is 28.4 Å². The van der Waals surface area contributed by atoms with Crippen LogP contribution >= 0.6 is 0 Å². The topological polar surface area (TPSA) is 80.3 Å². The van der Waals surface area contributed by atoms with Crippen molar-refractivity contribution in [3.05, 3.63) is 78.0 Å². The fraction of sp³-hybridized carbons (Fsp3) is 0.0952. The van der Waals surface area contributed by atoms with Gasteiger partial charge < -0.3 is 15.4 Å². The van der Waals surface area contributed by atoms with E-state index in [2.05, 4.69) is 15.6 Å². The molecular formula is C21H19N3O3. The first-order valence-electron chi connectivity index (χ1n) is 8.34. The number of nitrogens with one attached hydrogen (secondary N) is 2. The predicted molar refractivity (Wildman–Crippen MR) is 105 cm³/mol. The summed E-state index contributed by atoms with van der Waals surface area (Å²) in [5.74, 6) is 1.13. The van der Waals surface area contributed by atoms with Crippen LogP contribution in [0.3, 0.4) is 0 Å². The minimum atomic E-state index is -0.222. The molecule has 1 amide bonds. The summed E-state index contributed by atoms with van der Waals surface area (Å²) < 4.78 is 5.08. The Morgan fingerprint density at radius 3 is 2.04 bits per heavy atom. The lowest BCUT2D eigenvalue weighted by atomic mass is 10.1. The van der Waals surface area contributed by atoms with Crippen molar-refractivity contribution in [1.82, 2.24) is 4.98 Å². The van der Waals surface area contributed by atoms with Crippen molar-refractivity contribution in [3.63, 3.8) is 0 Å². The van der Waals surface area contributed by atoms with Gasteiger partial charge in [-0.25, -0.2) is 4.98 Å². The number of carbonyl (C=O) groups is 2. The molecule has 0 spiro atoms. The van der Waals surface area contributed by atoms with E-state index in [1.54, 1.807) is 61.8 Å². The number of methoxy groups -OCH3 is 1. The Labute approximate surface area is 157 Å². The summed E-state index contributed by atoms with van der Waals surface area (Å²) in [5.41, 5.74) is 2.60. The van der Waals surface area contributed by atoms with Gasteiger partial charge in [-0.15, -0.1) is 0 Å². The summed E-state index contributed by atoms with van der Waals surface area (Å²) in [6.07, 6.45) is 1.58. The van der Waals surface area contributed by atoms with Crippen molar-refractivity contribution in [2.75, 3.05) is 17.7 Å². The third kappa shape index (κ3) is 4.70. The van der Waals surface area contributed by atoms with Crippen LogP contribution in [0.25, 0.3) is 0 Å². The number of ketones is 1. The number of amides is 1. The largest absolute Gasteiger partial charge is 0.497 e. The zero-order valence-corrected chi connectivity index (χ0v) is 15.0. The molecule has 1 aromatic heterocycles. The number of rotatable bonds is 6. The Morgan fingerprint density at radius 2 is 1.48 bits per heavy atom. The van der Waals surface area contributed by atoms with E-state index in [-0.39, 0.29) is 11.7 Å². The number of Topliss-reactive ketones (excluding diaryl/α,β-unsaturated/α-hetero) is 1. The van der Waals surface area contributed by atoms with Crippen LogP contribution in [0.15, 0.2) is 66.9 Å². The van der Waals surface area contributed by atoms with Crippen molar-refractivity contribution in [1.29, 1.82) is 0 Å². The fourth-order valence-electron chi connectivity index (χ4n) is 2.42. The van der Waals surface area contributed by atoms with E-state index in [1.807, 2.05) is 12.1 Å². The Balaban J connectivity index is 1.62. The number of aromatic nitrogens is 1. The molecule has 0 aliphatic heterocycles. The maximum absolute atomic E-state index is 12.3. The molecule has 0 unspecified atom stereocenters. The third-order valence-electron chi connectivity index (χ3n) is 3.94. The summed E-state index contributed by atoms with van der Waals surface area (Å²) in [4.78, 5) is 27.8. The molecule has 2 aromatic carbocycles. The number of anilines is 3. The van der Waals surface area contributed by atoms with Gasteiger partial charge >= 0.3 is 0 Å². The molecule has 27 heavy (non-hydrogen) atoms. The quantitative estimate of drug-likeness (QED) is 0.640. The van der Waals surface area contributed by atoms with Crippen LogP contribution < -0.4 is 15.4 Å². The van der Waals surface area contributed by atoms with Crippen LogP contribution in [0, 0.1) is 0 Å². The summed E-state index contributed by atoms with van der Waals surface area (Å²) in [7, 11) is 1.58. The number of nitrogens with zero attached hydrogens (tertiary/aromatic N) is 1. The number of hydrogen-bond acceptors (Lipinski definition) is 5. The standard InChI is InChI=1S/C21H19N3O3/c1-14(25)15-3-7-17(8-4-15)23-20-12-9-18(13-22-20)24-21(26)16-5-10-19(27-2)11-6-16/h3-13H,1-2H3,(H,22,23)(H,24,26). The summed E-state index contributed by atoms with van der Waals surface area (Å²) >= 11 is 0. The van der Waals surface area contributed by atoms with E-state index >= 15 is 0 Å². The van der Waals surface area contributed by atoms with E-state index in [9.17, 15) is 9.59 Å². The van der Waals surface area contributed by atoms with Gasteiger partial charge in [-0.1, -0.05) is 0 Å². The van der Waals surface area contributed by atoms with Gasteiger partial charge in [-0.3, -0.25) is 9.59 Å². The summed E-state index contributed by atoms with van der Waals surface area (Å²) in [6, 6.07) is 17.5. The second-order valence-electron chi connectivity index (χ2n) is 5.87. The molecule has 0 atom stereocenters. The van der Waals surface area contributed by atoms with Crippen molar-refractivity contribution >= 4 is 28.9 Å². The normalized spacial score (nSPS) is 10.1. The minimum absolute atomic E-state index is 0.0247. The van der Waals surface area contributed by atoms with E-state index < -0.39 is 0 Å². The average Bonchev–Trinajstić information content (AvgIpc) is 2.70. The molecule has 0 fully saturated rings. The molecular weight excluding hydrogens is 342 g/mol. The Bertz CT molecular complexity index is 934. The Morgan fingerprint density at radius 1 is 0.852 bits per heavy atom.